The number of benzene rings is 1. The van der Waals surface area contributed by atoms with Crippen molar-refractivity contribution in [2.24, 2.45) is 0 Å². The highest BCUT2D eigenvalue weighted by atomic mass is 79.9. The van der Waals surface area contributed by atoms with Crippen molar-refractivity contribution in [1.82, 2.24) is 9.80 Å². The van der Waals surface area contributed by atoms with Gasteiger partial charge in [-0.2, -0.15) is 0 Å². The molecule has 2 fully saturated rings. The molecule has 1 saturated carbocycles. The maximum atomic E-state index is 13.2. The number of rotatable bonds is 2. The normalized spacial score (nSPS) is 18.7. The molecular formula is C19H25BrN2O4. The lowest BCUT2D eigenvalue weighted by atomic mass is 10.1. The number of nitrogens with zero attached hydrogens (tertiary/aromatic N) is 2. The Bertz CT molecular complexity index is 725. The van der Waals surface area contributed by atoms with Gasteiger partial charge in [0.1, 0.15) is 11.4 Å². The van der Waals surface area contributed by atoms with E-state index in [1.807, 2.05) is 37.8 Å². The third-order valence-corrected chi connectivity index (χ3v) is 5.47. The minimum absolute atomic E-state index is 0.0305. The summed E-state index contributed by atoms with van der Waals surface area (Å²) >= 11 is 3.47. The van der Waals surface area contributed by atoms with Crippen LogP contribution < -0.4 is 4.74 Å². The van der Waals surface area contributed by atoms with Gasteiger partial charge in [-0.05, 0) is 67.7 Å². The van der Waals surface area contributed by atoms with E-state index in [2.05, 4.69) is 15.9 Å². The summed E-state index contributed by atoms with van der Waals surface area (Å²) < 4.78 is 11.5. The van der Waals surface area contributed by atoms with Gasteiger partial charge in [0.2, 0.25) is 0 Å². The van der Waals surface area contributed by atoms with E-state index >= 15 is 0 Å². The van der Waals surface area contributed by atoms with Crippen molar-refractivity contribution in [3.05, 3.63) is 28.2 Å². The lowest BCUT2D eigenvalue weighted by Crippen LogP contribution is -2.58. The lowest BCUT2D eigenvalue weighted by molar-refractivity contribution is 0.000609. The largest absolute Gasteiger partial charge is 0.497 e. The van der Waals surface area contributed by atoms with Crippen LogP contribution in [-0.2, 0) is 4.74 Å². The quantitative estimate of drug-likeness (QED) is 0.726. The second kappa shape index (κ2) is 6.76. The zero-order valence-electron chi connectivity index (χ0n) is 15.7. The van der Waals surface area contributed by atoms with Crippen molar-refractivity contribution in [2.45, 2.75) is 44.8 Å². The molecule has 0 unspecified atom stereocenters. The van der Waals surface area contributed by atoms with E-state index in [1.54, 1.807) is 18.1 Å². The first-order chi connectivity index (χ1) is 12.1. The van der Waals surface area contributed by atoms with Crippen LogP contribution in [0.4, 0.5) is 4.79 Å². The third-order valence-electron chi connectivity index (χ3n) is 4.78. The smallest absolute Gasteiger partial charge is 0.410 e. The van der Waals surface area contributed by atoms with Gasteiger partial charge in [0, 0.05) is 24.1 Å². The van der Waals surface area contributed by atoms with Crippen LogP contribution >= 0.6 is 15.9 Å². The Labute approximate surface area is 162 Å². The van der Waals surface area contributed by atoms with Crippen LogP contribution in [0.25, 0.3) is 0 Å². The highest BCUT2D eigenvalue weighted by Crippen LogP contribution is 2.45. The molecule has 3 rings (SSSR count). The van der Waals surface area contributed by atoms with Crippen molar-refractivity contribution >= 4 is 27.9 Å². The van der Waals surface area contributed by atoms with Crippen molar-refractivity contribution < 1.29 is 19.1 Å². The third kappa shape index (κ3) is 3.82. The SMILES string of the molecule is COc1ccc(Br)c(C(=O)N2CCN(C(=O)OC(C)(C)C)CC23CC3)c1. The van der Waals surface area contributed by atoms with E-state index in [-0.39, 0.29) is 17.5 Å². The molecule has 1 aliphatic heterocycles. The lowest BCUT2D eigenvalue weighted by Gasteiger charge is -2.42. The summed E-state index contributed by atoms with van der Waals surface area (Å²) in [6.07, 6.45) is 1.50. The zero-order valence-corrected chi connectivity index (χ0v) is 17.3. The number of carbonyl (C=O) groups excluding carboxylic acids is 2. The first-order valence-electron chi connectivity index (χ1n) is 8.79. The molecule has 2 amide bonds. The Kier molecular flexibility index (Phi) is 4.94. The average molecular weight is 425 g/mol. The van der Waals surface area contributed by atoms with Gasteiger partial charge in [-0.25, -0.2) is 4.79 Å². The van der Waals surface area contributed by atoms with Crippen LogP contribution in [0.5, 0.6) is 5.75 Å². The molecule has 0 atom stereocenters. The molecule has 142 valence electrons. The molecule has 1 heterocycles. The maximum Gasteiger partial charge on any atom is 0.410 e. The maximum absolute atomic E-state index is 13.2. The first-order valence-corrected chi connectivity index (χ1v) is 9.58. The minimum Gasteiger partial charge on any atom is -0.497 e. The van der Waals surface area contributed by atoms with Crippen LogP contribution in [0.1, 0.15) is 44.0 Å². The van der Waals surface area contributed by atoms with Crippen molar-refractivity contribution in [1.29, 1.82) is 0 Å². The molecule has 0 bridgehead atoms. The predicted molar refractivity (Wildman–Crippen MR) is 102 cm³/mol. The molecule has 1 aliphatic carbocycles. The molecule has 0 aromatic heterocycles. The number of hydrogen-bond donors (Lipinski definition) is 0. The molecule has 26 heavy (non-hydrogen) atoms. The van der Waals surface area contributed by atoms with Gasteiger partial charge in [0.25, 0.3) is 5.91 Å². The van der Waals surface area contributed by atoms with Gasteiger partial charge in [0.15, 0.2) is 0 Å². The second-order valence-electron chi connectivity index (χ2n) is 7.93. The summed E-state index contributed by atoms with van der Waals surface area (Å²) in [5.41, 5.74) is -0.206. The number of halogens is 1. The molecule has 6 nitrogen and oxygen atoms in total. The average Bonchev–Trinajstić information content (AvgIpc) is 3.32. The Morgan fingerprint density at radius 1 is 1.19 bits per heavy atom. The molecule has 7 heteroatoms. The topological polar surface area (TPSA) is 59.1 Å². The number of methoxy groups -OCH3 is 1. The van der Waals surface area contributed by atoms with Crippen molar-refractivity contribution in [2.75, 3.05) is 26.7 Å². The molecular weight excluding hydrogens is 400 g/mol. The van der Waals surface area contributed by atoms with Gasteiger partial charge >= 0.3 is 6.09 Å². The molecule has 0 N–H and O–H groups in total. The fraction of sp³-hybridized carbons (Fsp3) is 0.579. The Morgan fingerprint density at radius 2 is 1.88 bits per heavy atom. The monoisotopic (exact) mass is 424 g/mol. The van der Waals surface area contributed by atoms with E-state index in [1.165, 1.54) is 0 Å². The van der Waals surface area contributed by atoms with E-state index < -0.39 is 5.60 Å². The van der Waals surface area contributed by atoms with E-state index in [0.29, 0.717) is 30.9 Å². The van der Waals surface area contributed by atoms with E-state index in [0.717, 1.165) is 17.3 Å². The van der Waals surface area contributed by atoms with Gasteiger partial charge in [-0.1, -0.05) is 0 Å². The molecule has 1 saturated heterocycles. The Morgan fingerprint density at radius 3 is 2.46 bits per heavy atom. The number of ether oxygens (including phenoxy) is 2. The summed E-state index contributed by atoms with van der Waals surface area (Å²) in [7, 11) is 1.58. The molecule has 2 aliphatic rings. The minimum atomic E-state index is -0.522. The predicted octanol–water partition coefficient (Wildman–Crippen LogP) is 3.68. The van der Waals surface area contributed by atoms with Gasteiger partial charge in [0.05, 0.1) is 18.2 Å². The first kappa shape index (κ1) is 19.0. The summed E-state index contributed by atoms with van der Waals surface area (Å²) in [5.74, 6) is 0.617. The van der Waals surface area contributed by atoms with Gasteiger partial charge < -0.3 is 19.3 Å². The van der Waals surface area contributed by atoms with Crippen molar-refractivity contribution in [3.63, 3.8) is 0 Å². The standard InChI is InChI=1S/C19H25BrN2O4/c1-18(2,3)26-17(24)21-9-10-22(19(12-21)7-8-19)16(23)14-11-13(25-4)5-6-15(14)20/h5-6,11H,7-10,12H2,1-4H3. The summed E-state index contributed by atoms with van der Waals surface area (Å²) in [5, 5.41) is 0. The van der Waals surface area contributed by atoms with E-state index in [4.69, 9.17) is 9.47 Å². The van der Waals surface area contributed by atoms with Crippen LogP contribution in [0.15, 0.2) is 22.7 Å². The molecule has 0 radical (unpaired) electrons. The number of carbonyl (C=O) groups is 2. The van der Waals surface area contributed by atoms with Gasteiger partial charge in [-0.3, -0.25) is 4.79 Å². The van der Waals surface area contributed by atoms with Crippen LogP contribution in [0, 0.1) is 0 Å². The molecule has 1 spiro atoms. The fourth-order valence-electron chi connectivity index (χ4n) is 3.29. The zero-order chi connectivity index (χ0) is 19.1. The number of hydrogen-bond acceptors (Lipinski definition) is 4. The Hall–Kier alpha value is -1.76. The fourth-order valence-corrected chi connectivity index (χ4v) is 3.71. The van der Waals surface area contributed by atoms with Crippen LogP contribution in [-0.4, -0.2) is 59.7 Å². The van der Waals surface area contributed by atoms with Gasteiger partial charge in [-0.15, -0.1) is 0 Å². The molecule has 1 aromatic rings. The summed E-state index contributed by atoms with van der Waals surface area (Å²) in [6, 6.07) is 5.39. The highest BCUT2D eigenvalue weighted by Gasteiger charge is 2.54. The number of piperazine rings is 1. The van der Waals surface area contributed by atoms with E-state index in [9.17, 15) is 9.59 Å². The number of amides is 2. The Balaban J connectivity index is 1.76. The highest BCUT2D eigenvalue weighted by molar-refractivity contribution is 9.10. The summed E-state index contributed by atoms with van der Waals surface area (Å²) in [4.78, 5) is 29.2. The second-order valence-corrected chi connectivity index (χ2v) is 8.78. The van der Waals surface area contributed by atoms with Crippen LogP contribution in [0.2, 0.25) is 0 Å². The van der Waals surface area contributed by atoms with Crippen molar-refractivity contribution in [3.8, 4) is 5.75 Å². The van der Waals surface area contributed by atoms with Crippen LogP contribution in [0.3, 0.4) is 0 Å². The summed E-state index contributed by atoms with van der Waals surface area (Å²) in [6.45, 7) is 7.08. The molecule has 1 aromatic carbocycles.